The van der Waals surface area contributed by atoms with Crippen LogP contribution in [-0.2, 0) is 4.74 Å². The van der Waals surface area contributed by atoms with Gasteiger partial charge in [-0.15, -0.1) is 0 Å². The van der Waals surface area contributed by atoms with Crippen molar-refractivity contribution >= 4 is 29.1 Å². The molecule has 0 saturated carbocycles. The Labute approximate surface area is 155 Å². The quantitative estimate of drug-likeness (QED) is 0.668. The summed E-state index contributed by atoms with van der Waals surface area (Å²) in [5, 5.41) is 5.65. The van der Waals surface area contributed by atoms with Gasteiger partial charge in [0.15, 0.2) is 0 Å². The van der Waals surface area contributed by atoms with Crippen LogP contribution in [0.5, 0.6) is 0 Å². The maximum absolute atomic E-state index is 13.2. The fourth-order valence-corrected chi connectivity index (χ4v) is 2.36. The van der Waals surface area contributed by atoms with Gasteiger partial charge < -0.3 is 15.4 Å². The Balaban J connectivity index is 1.68. The minimum absolute atomic E-state index is 0.327. The van der Waals surface area contributed by atoms with Gasteiger partial charge in [0.25, 0.3) is 5.91 Å². The molecule has 2 N–H and O–H groups in total. The Morgan fingerprint density at radius 2 is 1.74 bits per heavy atom. The number of benzene rings is 2. The second kappa shape index (κ2) is 8.09. The number of anilines is 3. The number of amides is 1. The predicted octanol–water partition coefficient (Wildman–Crippen LogP) is 4.00. The number of hydrogen-bond donors (Lipinski definition) is 2. The summed E-state index contributed by atoms with van der Waals surface area (Å²) in [4.78, 5) is 28.0. The normalized spacial score (nSPS) is 10.1. The molecule has 0 aliphatic carbocycles. The molecule has 0 atom stereocenters. The van der Waals surface area contributed by atoms with Gasteiger partial charge in [0.1, 0.15) is 11.6 Å². The number of esters is 1. The van der Waals surface area contributed by atoms with Crippen LogP contribution in [0.1, 0.15) is 20.7 Å². The molecule has 1 amide bonds. The molecule has 3 aromatic rings. The van der Waals surface area contributed by atoms with Crippen LogP contribution < -0.4 is 10.6 Å². The van der Waals surface area contributed by atoms with E-state index in [4.69, 9.17) is 0 Å². The van der Waals surface area contributed by atoms with Gasteiger partial charge in [-0.3, -0.25) is 4.79 Å². The highest BCUT2D eigenvalue weighted by atomic mass is 19.1. The standard InChI is InChI=1S/C20H16FN3O3/c1-27-20(26)13-4-2-6-16(10-13)23-18-9-8-14(12-22-18)19(25)24-17-7-3-5-15(21)11-17/h2-12H,1H3,(H,22,23)(H,24,25). The summed E-state index contributed by atoms with van der Waals surface area (Å²) >= 11 is 0. The van der Waals surface area contributed by atoms with Crippen molar-refractivity contribution in [2.45, 2.75) is 0 Å². The van der Waals surface area contributed by atoms with Crippen LogP contribution in [0.3, 0.4) is 0 Å². The molecule has 1 aromatic heterocycles. The zero-order chi connectivity index (χ0) is 19.2. The molecule has 2 aromatic carbocycles. The van der Waals surface area contributed by atoms with Gasteiger partial charge in [0.2, 0.25) is 0 Å². The van der Waals surface area contributed by atoms with E-state index in [1.54, 1.807) is 42.5 Å². The van der Waals surface area contributed by atoms with E-state index in [1.165, 1.54) is 31.5 Å². The molecule has 0 bridgehead atoms. The molecular weight excluding hydrogens is 349 g/mol. The third kappa shape index (κ3) is 4.66. The number of pyridine rings is 1. The van der Waals surface area contributed by atoms with Gasteiger partial charge >= 0.3 is 5.97 Å². The molecule has 0 spiro atoms. The average Bonchev–Trinajstić information content (AvgIpc) is 2.68. The van der Waals surface area contributed by atoms with Crippen LogP contribution in [0.25, 0.3) is 0 Å². The number of rotatable bonds is 5. The Bertz CT molecular complexity index is 974. The molecule has 0 radical (unpaired) electrons. The second-order valence-electron chi connectivity index (χ2n) is 5.59. The zero-order valence-corrected chi connectivity index (χ0v) is 14.4. The number of halogens is 1. The molecule has 136 valence electrons. The topological polar surface area (TPSA) is 80.3 Å². The number of nitrogens with zero attached hydrogens (tertiary/aromatic N) is 1. The number of aromatic nitrogens is 1. The van der Waals surface area contributed by atoms with Gasteiger partial charge in [0, 0.05) is 17.6 Å². The van der Waals surface area contributed by atoms with Gasteiger partial charge in [-0.05, 0) is 48.5 Å². The summed E-state index contributed by atoms with van der Waals surface area (Å²) in [6, 6.07) is 15.6. The lowest BCUT2D eigenvalue weighted by atomic mass is 10.2. The minimum Gasteiger partial charge on any atom is -0.465 e. The average molecular weight is 365 g/mol. The smallest absolute Gasteiger partial charge is 0.337 e. The van der Waals surface area contributed by atoms with E-state index in [0.29, 0.717) is 28.3 Å². The Kier molecular flexibility index (Phi) is 5.41. The molecule has 1 heterocycles. The van der Waals surface area contributed by atoms with Crippen LogP contribution in [0.4, 0.5) is 21.6 Å². The van der Waals surface area contributed by atoms with Gasteiger partial charge in [0.05, 0.1) is 18.2 Å². The van der Waals surface area contributed by atoms with Crippen molar-refractivity contribution < 1.29 is 18.7 Å². The Hall–Kier alpha value is -3.74. The third-order valence-electron chi connectivity index (χ3n) is 3.66. The van der Waals surface area contributed by atoms with E-state index >= 15 is 0 Å². The highest BCUT2D eigenvalue weighted by molar-refractivity contribution is 6.04. The molecule has 3 rings (SSSR count). The zero-order valence-electron chi connectivity index (χ0n) is 14.4. The summed E-state index contributed by atoms with van der Waals surface area (Å²) in [5.74, 6) is -0.762. The van der Waals surface area contributed by atoms with Gasteiger partial charge in [-0.1, -0.05) is 12.1 Å². The van der Waals surface area contributed by atoms with E-state index in [0.717, 1.165) is 0 Å². The van der Waals surface area contributed by atoms with Crippen molar-refractivity contribution in [1.82, 2.24) is 4.98 Å². The van der Waals surface area contributed by atoms with Crippen molar-refractivity contribution in [3.8, 4) is 0 Å². The number of carbonyl (C=O) groups excluding carboxylic acids is 2. The van der Waals surface area contributed by atoms with Crippen molar-refractivity contribution in [1.29, 1.82) is 0 Å². The van der Waals surface area contributed by atoms with Crippen LogP contribution in [0, 0.1) is 5.82 Å². The van der Waals surface area contributed by atoms with Gasteiger partial charge in [-0.25, -0.2) is 14.2 Å². The fourth-order valence-electron chi connectivity index (χ4n) is 2.36. The number of hydrogen-bond acceptors (Lipinski definition) is 5. The number of ether oxygens (including phenoxy) is 1. The largest absolute Gasteiger partial charge is 0.465 e. The van der Waals surface area contributed by atoms with E-state index in [-0.39, 0.29) is 0 Å². The second-order valence-corrected chi connectivity index (χ2v) is 5.59. The monoisotopic (exact) mass is 365 g/mol. The summed E-state index contributed by atoms with van der Waals surface area (Å²) in [6.07, 6.45) is 1.40. The number of carbonyl (C=O) groups is 2. The lowest BCUT2D eigenvalue weighted by molar-refractivity contribution is 0.0600. The van der Waals surface area contributed by atoms with Crippen molar-refractivity contribution in [2.75, 3.05) is 17.7 Å². The Morgan fingerprint density at radius 1 is 0.963 bits per heavy atom. The van der Waals surface area contributed by atoms with Crippen molar-refractivity contribution in [2.24, 2.45) is 0 Å². The lowest BCUT2D eigenvalue weighted by Crippen LogP contribution is -2.12. The van der Waals surface area contributed by atoms with E-state index in [9.17, 15) is 14.0 Å². The molecular formula is C20H16FN3O3. The van der Waals surface area contributed by atoms with Crippen LogP contribution >= 0.6 is 0 Å². The lowest BCUT2D eigenvalue weighted by Gasteiger charge is -2.08. The Morgan fingerprint density at radius 3 is 2.44 bits per heavy atom. The fraction of sp³-hybridized carbons (Fsp3) is 0.0500. The van der Waals surface area contributed by atoms with Crippen LogP contribution in [-0.4, -0.2) is 24.0 Å². The van der Waals surface area contributed by atoms with Crippen molar-refractivity contribution in [3.63, 3.8) is 0 Å². The molecule has 0 unspecified atom stereocenters. The number of methoxy groups -OCH3 is 1. The highest BCUT2D eigenvalue weighted by Gasteiger charge is 2.09. The maximum Gasteiger partial charge on any atom is 0.337 e. The first-order valence-corrected chi connectivity index (χ1v) is 8.03. The summed E-state index contributed by atoms with van der Waals surface area (Å²) < 4.78 is 17.9. The molecule has 0 fully saturated rings. The molecule has 0 aliphatic rings. The van der Waals surface area contributed by atoms with Crippen LogP contribution in [0.2, 0.25) is 0 Å². The van der Waals surface area contributed by atoms with Crippen LogP contribution in [0.15, 0.2) is 66.9 Å². The first-order valence-electron chi connectivity index (χ1n) is 8.03. The number of nitrogens with one attached hydrogen (secondary N) is 2. The minimum atomic E-state index is -0.434. The predicted molar refractivity (Wildman–Crippen MR) is 99.7 cm³/mol. The van der Waals surface area contributed by atoms with E-state index in [2.05, 4.69) is 20.4 Å². The summed E-state index contributed by atoms with van der Waals surface area (Å²) in [5.41, 5.74) is 1.76. The summed E-state index contributed by atoms with van der Waals surface area (Å²) in [6.45, 7) is 0. The van der Waals surface area contributed by atoms with E-state index < -0.39 is 17.7 Å². The molecule has 27 heavy (non-hydrogen) atoms. The van der Waals surface area contributed by atoms with Crippen molar-refractivity contribution in [3.05, 3.63) is 83.8 Å². The molecule has 0 aliphatic heterocycles. The SMILES string of the molecule is COC(=O)c1cccc(Nc2ccc(C(=O)Nc3cccc(F)c3)cn2)c1. The summed E-state index contributed by atoms with van der Waals surface area (Å²) in [7, 11) is 1.32. The molecule has 7 heteroatoms. The van der Waals surface area contributed by atoms with E-state index in [1.807, 2.05) is 0 Å². The van der Waals surface area contributed by atoms with Gasteiger partial charge in [-0.2, -0.15) is 0 Å². The highest BCUT2D eigenvalue weighted by Crippen LogP contribution is 2.17. The first-order chi connectivity index (χ1) is 13.0. The molecule has 6 nitrogen and oxygen atoms in total. The first kappa shape index (κ1) is 18.1. The third-order valence-corrected chi connectivity index (χ3v) is 3.66. The maximum atomic E-state index is 13.2. The molecule has 0 saturated heterocycles.